The highest BCUT2D eigenvalue weighted by Gasteiger charge is 2.39. The van der Waals surface area contributed by atoms with Gasteiger partial charge in [-0.25, -0.2) is 0 Å². The number of methoxy groups -OCH3 is 1. The Kier molecular flexibility index (Phi) is 7.01. The average Bonchev–Trinajstić information content (AvgIpc) is 2.89. The zero-order valence-corrected chi connectivity index (χ0v) is 23.3. The molecule has 38 heavy (non-hydrogen) atoms. The Morgan fingerprint density at radius 1 is 0.868 bits per heavy atom. The number of aromatic nitrogens is 2. The van der Waals surface area contributed by atoms with E-state index in [0.29, 0.717) is 12.6 Å². The van der Waals surface area contributed by atoms with Crippen molar-refractivity contribution in [1.29, 1.82) is 0 Å². The minimum Gasteiger partial charge on any atom is -0.497 e. The minimum atomic E-state index is 0.0623. The van der Waals surface area contributed by atoms with Crippen LogP contribution in [0.5, 0.6) is 11.5 Å². The number of hydrogen-bond acceptors (Lipinski definition) is 6. The number of fused-ring (bicyclic) bond motifs is 1. The molecule has 1 N–H and O–H groups in total. The average molecular weight is 511 g/mol. The van der Waals surface area contributed by atoms with E-state index < -0.39 is 0 Å². The highest BCUT2D eigenvalue weighted by atomic mass is 16.5. The number of nitrogens with zero attached hydrogens (tertiary/aromatic N) is 3. The van der Waals surface area contributed by atoms with Gasteiger partial charge in [-0.1, -0.05) is 36.4 Å². The molecule has 0 amide bonds. The lowest BCUT2D eigenvalue weighted by Crippen LogP contribution is -2.62. The van der Waals surface area contributed by atoms with Crippen molar-refractivity contribution in [2.45, 2.75) is 64.3 Å². The molecule has 6 nitrogen and oxygen atoms in total. The van der Waals surface area contributed by atoms with Crippen molar-refractivity contribution in [3.05, 3.63) is 78.4 Å². The van der Waals surface area contributed by atoms with Crippen LogP contribution in [0, 0.1) is 0 Å². The molecule has 1 fully saturated rings. The lowest BCUT2D eigenvalue weighted by Gasteiger charge is -2.49. The Hall–Kier alpha value is -3.64. The van der Waals surface area contributed by atoms with Gasteiger partial charge in [0.15, 0.2) is 5.82 Å². The van der Waals surface area contributed by atoms with Gasteiger partial charge in [0.25, 0.3) is 0 Å². The quantitative estimate of drug-likeness (QED) is 0.301. The van der Waals surface area contributed by atoms with Crippen molar-refractivity contribution in [2.24, 2.45) is 0 Å². The van der Waals surface area contributed by atoms with Gasteiger partial charge in [0.1, 0.15) is 18.1 Å². The molecule has 1 saturated heterocycles. The number of rotatable bonds is 7. The Bertz CT molecular complexity index is 1380. The van der Waals surface area contributed by atoms with Crippen molar-refractivity contribution in [2.75, 3.05) is 19.1 Å². The molecular formula is C32H38N4O2. The van der Waals surface area contributed by atoms with Crippen LogP contribution in [0.25, 0.3) is 22.0 Å². The molecule has 0 radical (unpaired) electrons. The second-order valence-electron chi connectivity index (χ2n) is 11.7. The number of hydrogen-bond donors (Lipinski definition) is 1. The fourth-order valence-corrected chi connectivity index (χ4v) is 5.82. The SMILES string of the molecule is COc1ccc2cc(-c3ccc(N(C)C4CC(C)(C)NC(C)(C)C4)nn3)c(OCc3ccccc3)cc2c1. The fraction of sp³-hybridized carbons (Fsp3) is 0.375. The van der Waals surface area contributed by atoms with Crippen LogP contribution < -0.4 is 19.7 Å². The van der Waals surface area contributed by atoms with E-state index in [2.05, 4.69) is 97.6 Å². The predicted molar refractivity (Wildman–Crippen MR) is 155 cm³/mol. The van der Waals surface area contributed by atoms with Crippen LogP contribution in [0.2, 0.25) is 0 Å². The van der Waals surface area contributed by atoms with Gasteiger partial charge < -0.3 is 19.7 Å². The first-order chi connectivity index (χ1) is 18.1. The smallest absolute Gasteiger partial charge is 0.151 e. The maximum Gasteiger partial charge on any atom is 0.151 e. The summed E-state index contributed by atoms with van der Waals surface area (Å²) >= 11 is 0. The maximum atomic E-state index is 6.35. The largest absolute Gasteiger partial charge is 0.497 e. The third-order valence-corrected chi connectivity index (χ3v) is 7.39. The summed E-state index contributed by atoms with van der Waals surface area (Å²) < 4.78 is 11.8. The second kappa shape index (κ2) is 10.3. The van der Waals surface area contributed by atoms with E-state index in [1.54, 1.807) is 7.11 Å². The maximum absolute atomic E-state index is 6.35. The van der Waals surface area contributed by atoms with Crippen LogP contribution in [-0.2, 0) is 6.61 Å². The van der Waals surface area contributed by atoms with E-state index >= 15 is 0 Å². The Morgan fingerprint density at radius 3 is 2.26 bits per heavy atom. The van der Waals surface area contributed by atoms with Gasteiger partial charge in [-0.15, -0.1) is 10.2 Å². The summed E-state index contributed by atoms with van der Waals surface area (Å²) in [5.74, 6) is 2.46. The summed E-state index contributed by atoms with van der Waals surface area (Å²) in [5.41, 5.74) is 2.94. The molecule has 0 bridgehead atoms. The molecule has 0 unspecified atom stereocenters. The molecule has 0 saturated carbocycles. The zero-order chi connectivity index (χ0) is 26.9. The van der Waals surface area contributed by atoms with Gasteiger partial charge in [-0.3, -0.25) is 0 Å². The van der Waals surface area contributed by atoms with Gasteiger partial charge >= 0.3 is 0 Å². The Morgan fingerprint density at radius 2 is 1.61 bits per heavy atom. The Balaban J connectivity index is 1.46. The summed E-state index contributed by atoms with van der Waals surface area (Å²) in [7, 11) is 3.81. The molecule has 3 aromatic carbocycles. The predicted octanol–water partition coefficient (Wildman–Crippen LogP) is 6.63. The number of nitrogens with one attached hydrogen (secondary N) is 1. The molecule has 5 rings (SSSR count). The monoisotopic (exact) mass is 510 g/mol. The topological polar surface area (TPSA) is 59.5 Å². The molecule has 4 aromatic rings. The molecule has 6 heteroatoms. The fourth-order valence-electron chi connectivity index (χ4n) is 5.82. The molecule has 1 aromatic heterocycles. The molecule has 0 spiro atoms. The van der Waals surface area contributed by atoms with Gasteiger partial charge in [-0.05, 0) is 93.3 Å². The number of benzene rings is 3. The van der Waals surface area contributed by atoms with Crippen LogP contribution in [0.15, 0.2) is 72.8 Å². The van der Waals surface area contributed by atoms with E-state index in [-0.39, 0.29) is 11.1 Å². The summed E-state index contributed by atoms with van der Waals surface area (Å²) in [6.07, 6.45) is 2.09. The van der Waals surface area contributed by atoms with Crippen molar-refractivity contribution < 1.29 is 9.47 Å². The van der Waals surface area contributed by atoms with E-state index in [9.17, 15) is 0 Å². The van der Waals surface area contributed by atoms with E-state index in [1.165, 1.54) is 0 Å². The molecule has 2 heterocycles. The molecule has 0 atom stereocenters. The molecule has 198 valence electrons. The first-order valence-electron chi connectivity index (χ1n) is 13.3. The molecular weight excluding hydrogens is 472 g/mol. The summed E-state index contributed by atoms with van der Waals surface area (Å²) in [5, 5.41) is 15.3. The van der Waals surface area contributed by atoms with Crippen LogP contribution in [-0.4, -0.2) is 41.5 Å². The first-order valence-corrected chi connectivity index (χ1v) is 13.3. The second-order valence-corrected chi connectivity index (χ2v) is 11.7. The minimum absolute atomic E-state index is 0.0623. The van der Waals surface area contributed by atoms with E-state index in [0.717, 1.165) is 57.8 Å². The summed E-state index contributed by atoms with van der Waals surface area (Å²) in [6.45, 7) is 9.57. The van der Waals surface area contributed by atoms with Gasteiger partial charge in [-0.2, -0.15) is 0 Å². The first kappa shape index (κ1) is 26.0. The number of piperidine rings is 1. The normalized spacial score (nSPS) is 16.8. The standard InChI is InChI=1S/C32H38N4O2/c1-31(2)19-25(20-32(3,4)35-31)36(5)30-15-14-28(33-34-30)27-17-23-12-13-26(37-6)16-24(23)18-29(27)38-21-22-10-8-7-9-11-22/h7-18,25,35H,19-21H2,1-6H3. The number of anilines is 1. The third kappa shape index (κ3) is 5.76. The van der Waals surface area contributed by atoms with E-state index in [4.69, 9.17) is 9.47 Å². The highest BCUT2D eigenvalue weighted by Crippen LogP contribution is 2.36. The molecule has 1 aliphatic heterocycles. The van der Waals surface area contributed by atoms with Crippen LogP contribution in [0.1, 0.15) is 46.1 Å². The summed E-state index contributed by atoms with van der Waals surface area (Å²) in [6, 6.07) is 25.0. The van der Waals surface area contributed by atoms with E-state index in [1.807, 2.05) is 30.3 Å². The molecule has 1 aliphatic rings. The van der Waals surface area contributed by atoms with Crippen molar-refractivity contribution in [1.82, 2.24) is 15.5 Å². The van der Waals surface area contributed by atoms with Crippen LogP contribution >= 0.6 is 0 Å². The molecule has 0 aliphatic carbocycles. The Labute approximate surface area is 226 Å². The van der Waals surface area contributed by atoms with Gasteiger partial charge in [0.2, 0.25) is 0 Å². The third-order valence-electron chi connectivity index (χ3n) is 7.39. The highest BCUT2D eigenvalue weighted by molar-refractivity contribution is 5.91. The lowest BCUT2D eigenvalue weighted by molar-refractivity contribution is 0.160. The lowest BCUT2D eigenvalue weighted by atomic mass is 9.79. The van der Waals surface area contributed by atoms with Gasteiger partial charge in [0.05, 0.1) is 12.8 Å². The summed E-state index contributed by atoms with van der Waals surface area (Å²) in [4.78, 5) is 2.28. The van der Waals surface area contributed by atoms with Crippen molar-refractivity contribution in [3.8, 4) is 22.8 Å². The van der Waals surface area contributed by atoms with Crippen molar-refractivity contribution >= 4 is 16.6 Å². The zero-order valence-electron chi connectivity index (χ0n) is 23.3. The van der Waals surface area contributed by atoms with Crippen LogP contribution in [0.3, 0.4) is 0 Å². The van der Waals surface area contributed by atoms with Gasteiger partial charge in [0, 0.05) is 29.7 Å². The number of ether oxygens (including phenoxy) is 2. The van der Waals surface area contributed by atoms with Crippen molar-refractivity contribution in [3.63, 3.8) is 0 Å². The van der Waals surface area contributed by atoms with Crippen LogP contribution in [0.4, 0.5) is 5.82 Å².